The molecule has 0 spiro atoms. The minimum absolute atomic E-state index is 0.306. The Hall–Kier alpha value is -1.32. The number of ether oxygens (including phenoxy) is 1. The summed E-state index contributed by atoms with van der Waals surface area (Å²) < 4.78 is 4.87. The van der Waals surface area contributed by atoms with Crippen LogP contribution in [0.3, 0.4) is 0 Å². The zero-order chi connectivity index (χ0) is 15.4. The third kappa shape index (κ3) is 4.87. The molecule has 1 fully saturated rings. The van der Waals surface area contributed by atoms with E-state index in [-0.39, 0.29) is 5.97 Å². The van der Waals surface area contributed by atoms with Crippen molar-refractivity contribution in [2.75, 3.05) is 6.61 Å². The maximum Gasteiger partial charge on any atom is 0.330 e. The zero-order valence-electron chi connectivity index (χ0n) is 12.0. The summed E-state index contributed by atoms with van der Waals surface area (Å²) in [7, 11) is 0. The molecule has 21 heavy (non-hydrogen) atoms. The van der Waals surface area contributed by atoms with Gasteiger partial charge < -0.3 is 4.74 Å². The van der Waals surface area contributed by atoms with Gasteiger partial charge in [0.05, 0.1) is 6.61 Å². The monoisotopic (exact) mass is 325 g/mol. The molecule has 112 valence electrons. The molecule has 0 unspecified atom stereocenters. The van der Waals surface area contributed by atoms with E-state index in [9.17, 15) is 4.79 Å². The highest BCUT2D eigenvalue weighted by Crippen LogP contribution is 2.49. The van der Waals surface area contributed by atoms with Crippen molar-refractivity contribution in [1.29, 1.82) is 0 Å². The van der Waals surface area contributed by atoms with Crippen LogP contribution in [0.4, 0.5) is 0 Å². The van der Waals surface area contributed by atoms with Gasteiger partial charge in [0.2, 0.25) is 0 Å². The first-order valence-electron chi connectivity index (χ1n) is 6.86. The standard InChI is InChI=1S/C16H17Cl2NO2/c1-3-21-16(20)6-10(2)4-5-11-7-13(11)12-8-14(17)19-15(18)9-12/h4-6,8-9,11,13H,3,7H2,1-2H3/t11-,13-/m1/s1. The van der Waals surface area contributed by atoms with Crippen molar-refractivity contribution in [3.63, 3.8) is 0 Å². The highest BCUT2D eigenvalue weighted by atomic mass is 35.5. The van der Waals surface area contributed by atoms with Gasteiger partial charge in [-0.25, -0.2) is 9.78 Å². The average molecular weight is 326 g/mol. The van der Waals surface area contributed by atoms with Gasteiger partial charge in [0.1, 0.15) is 10.3 Å². The number of pyridine rings is 1. The molecule has 1 aromatic rings. The van der Waals surface area contributed by atoms with Gasteiger partial charge in [0.15, 0.2) is 0 Å². The molecular formula is C16H17Cl2NO2. The third-order valence-corrected chi connectivity index (χ3v) is 3.68. The number of carbonyl (C=O) groups is 1. The van der Waals surface area contributed by atoms with Gasteiger partial charge in [-0.2, -0.15) is 0 Å². The van der Waals surface area contributed by atoms with Gasteiger partial charge in [-0.15, -0.1) is 0 Å². The molecule has 0 saturated heterocycles. The Morgan fingerprint density at radius 2 is 2.10 bits per heavy atom. The molecule has 1 heterocycles. The summed E-state index contributed by atoms with van der Waals surface area (Å²) in [6.07, 6.45) is 6.61. The molecule has 0 N–H and O–H groups in total. The second kappa shape index (κ2) is 7.10. The van der Waals surface area contributed by atoms with Crippen molar-refractivity contribution in [2.45, 2.75) is 26.2 Å². The van der Waals surface area contributed by atoms with Crippen molar-refractivity contribution in [1.82, 2.24) is 4.98 Å². The van der Waals surface area contributed by atoms with E-state index in [0.717, 1.165) is 17.6 Å². The average Bonchev–Trinajstić information content (AvgIpc) is 3.15. The lowest BCUT2D eigenvalue weighted by molar-refractivity contribution is -0.137. The molecule has 1 aliphatic rings. The van der Waals surface area contributed by atoms with Gasteiger partial charge in [-0.05, 0) is 55.4 Å². The molecule has 0 amide bonds. The Morgan fingerprint density at radius 3 is 2.71 bits per heavy atom. The first-order chi connectivity index (χ1) is 9.99. The molecule has 1 aromatic heterocycles. The van der Waals surface area contributed by atoms with Crippen molar-refractivity contribution >= 4 is 29.2 Å². The number of hydrogen-bond acceptors (Lipinski definition) is 3. The summed E-state index contributed by atoms with van der Waals surface area (Å²) in [5, 5.41) is 0.844. The second-order valence-corrected chi connectivity index (χ2v) is 5.83. The number of allylic oxidation sites excluding steroid dienone is 3. The highest BCUT2D eigenvalue weighted by Gasteiger charge is 2.36. The van der Waals surface area contributed by atoms with Crippen molar-refractivity contribution in [3.8, 4) is 0 Å². The van der Waals surface area contributed by atoms with E-state index in [1.54, 1.807) is 6.92 Å². The molecule has 0 aromatic carbocycles. The van der Waals surface area contributed by atoms with Crippen LogP contribution in [0.5, 0.6) is 0 Å². The maximum absolute atomic E-state index is 11.3. The fraction of sp³-hybridized carbons (Fsp3) is 0.375. The zero-order valence-corrected chi connectivity index (χ0v) is 13.5. The van der Waals surface area contributed by atoms with Crippen LogP contribution in [0.15, 0.2) is 35.9 Å². The molecule has 0 radical (unpaired) electrons. The number of aromatic nitrogens is 1. The topological polar surface area (TPSA) is 39.2 Å². The summed E-state index contributed by atoms with van der Waals surface area (Å²) in [6, 6.07) is 3.71. The Morgan fingerprint density at radius 1 is 1.43 bits per heavy atom. The lowest BCUT2D eigenvalue weighted by Crippen LogP contribution is -1.99. The van der Waals surface area contributed by atoms with Gasteiger partial charge in [-0.1, -0.05) is 35.4 Å². The van der Waals surface area contributed by atoms with E-state index >= 15 is 0 Å². The van der Waals surface area contributed by atoms with Gasteiger partial charge in [-0.3, -0.25) is 0 Å². The summed E-state index contributed by atoms with van der Waals surface area (Å²) in [6.45, 7) is 4.06. The van der Waals surface area contributed by atoms with Gasteiger partial charge in [0.25, 0.3) is 0 Å². The minimum Gasteiger partial charge on any atom is -0.463 e. The number of carbonyl (C=O) groups excluding carboxylic acids is 1. The van der Waals surface area contributed by atoms with E-state index < -0.39 is 0 Å². The molecular weight excluding hydrogens is 309 g/mol. The van der Waals surface area contributed by atoms with Crippen LogP contribution in [0, 0.1) is 5.92 Å². The van der Waals surface area contributed by atoms with Crippen LogP contribution in [-0.4, -0.2) is 17.6 Å². The Labute approximate surface area is 134 Å². The van der Waals surface area contributed by atoms with Crippen molar-refractivity contribution < 1.29 is 9.53 Å². The van der Waals surface area contributed by atoms with Gasteiger partial charge >= 0.3 is 5.97 Å². The molecule has 1 saturated carbocycles. The van der Waals surface area contributed by atoms with Crippen molar-refractivity contribution in [3.05, 3.63) is 51.8 Å². The number of esters is 1. The van der Waals surface area contributed by atoms with Gasteiger partial charge in [0, 0.05) is 6.08 Å². The molecule has 2 atom stereocenters. The van der Waals surface area contributed by atoms with E-state index in [2.05, 4.69) is 11.1 Å². The number of rotatable bonds is 5. The van der Waals surface area contributed by atoms with Crippen LogP contribution in [0.25, 0.3) is 0 Å². The van der Waals surface area contributed by atoms with Crippen molar-refractivity contribution in [2.24, 2.45) is 5.92 Å². The summed E-state index contributed by atoms with van der Waals surface area (Å²) >= 11 is 11.8. The number of hydrogen-bond donors (Lipinski definition) is 0. The Bertz CT molecular complexity index is 576. The molecule has 0 bridgehead atoms. The maximum atomic E-state index is 11.3. The van der Waals surface area contributed by atoms with E-state index in [4.69, 9.17) is 27.9 Å². The molecule has 0 aliphatic heterocycles. The summed E-state index contributed by atoms with van der Waals surface area (Å²) in [5.74, 6) is 0.569. The predicted molar refractivity (Wildman–Crippen MR) is 84.6 cm³/mol. The van der Waals surface area contributed by atoms with Crippen LogP contribution in [0.1, 0.15) is 31.7 Å². The molecule has 5 heteroatoms. The molecule has 3 nitrogen and oxygen atoms in total. The van der Waals surface area contributed by atoms with E-state index in [1.807, 2.05) is 25.1 Å². The fourth-order valence-corrected chi connectivity index (χ4v) is 2.68. The Kier molecular flexibility index (Phi) is 5.43. The SMILES string of the molecule is CCOC(=O)C=C(C)C=C[C@@H]1C[C@H]1c1cc(Cl)nc(Cl)c1. The molecule has 1 aliphatic carbocycles. The quantitative estimate of drug-likeness (QED) is 0.345. The van der Waals surface area contributed by atoms with E-state index in [0.29, 0.717) is 28.7 Å². The number of nitrogens with zero attached hydrogens (tertiary/aromatic N) is 1. The second-order valence-electron chi connectivity index (χ2n) is 5.05. The lowest BCUT2D eigenvalue weighted by Gasteiger charge is -2.00. The first-order valence-corrected chi connectivity index (χ1v) is 7.61. The Balaban J connectivity index is 1.94. The largest absolute Gasteiger partial charge is 0.463 e. The fourth-order valence-electron chi connectivity index (χ4n) is 2.20. The normalized spacial score (nSPS) is 21.6. The first kappa shape index (κ1) is 16.1. The summed E-state index contributed by atoms with van der Waals surface area (Å²) in [5.41, 5.74) is 1.99. The molecule has 2 rings (SSSR count). The summed E-state index contributed by atoms with van der Waals surface area (Å²) in [4.78, 5) is 15.3. The third-order valence-electron chi connectivity index (χ3n) is 3.29. The number of halogens is 2. The highest BCUT2D eigenvalue weighted by molar-refractivity contribution is 6.32. The predicted octanol–water partition coefficient (Wildman–Crippen LogP) is 4.56. The smallest absolute Gasteiger partial charge is 0.330 e. The van der Waals surface area contributed by atoms with Crippen LogP contribution >= 0.6 is 23.2 Å². The van der Waals surface area contributed by atoms with Crippen LogP contribution in [-0.2, 0) is 9.53 Å². The van der Waals surface area contributed by atoms with Crippen LogP contribution < -0.4 is 0 Å². The lowest BCUT2D eigenvalue weighted by atomic mass is 10.1. The van der Waals surface area contributed by atoms with Crippen LogP contribution in [0.2, 0.25) is 10.3 Å². The van der Waals surface area contributed by atoms with E-state index in [1.165, 1.54) is 6.08 Å². The minimum atomic E-state index is -0.306.